The van der Waals surface area contributed by atoms with Crippen LogP contribution >= 0.6 is 11.8 Å². The molecule has 0 aliphatic rings. The van der Waals surface area contributed by atoms with Crippen LogP contribution in [0.4, 0.5) is 0 Å². The van der Waals surface area contributed by atoms with Crippen molar-refractivity contribution in [2.24, 2.45) is 0 Å². The Hall–Kier alpha value is -1.80. The molecule has 0 atom stereocenters. The fourth-order valence-corrected chi connectivity index (χ4v) is 2.77. The fourth-order valence-electron chi connectivity index (χ4n) is 1.93. The van der Waals surface area contributed by atoms with Gasteiger partial charge < -0.3 is 0 Å². The number of rotatable bonds is 3. The molecular weight excluding hydrogens is 276 g/mol. The van der Waals surface area contributed by atoms with Gasteiger partial charge in [0.15, 0.2) is 0 Å². The van der Waals surface area contributed by atoms with Gasteiger partial charge in [-0.2, -0.15) is 0 Å². The number of hydrogen-bond donors (Lipinski definition) is 0. The second-order valence-corrected chi connectivity index (χ2v) is 7.64. The molecule has 2 aromatic rings. The van der Waals surface area contributed by atoms with Gasteiger partial charge in [-0.25, -0.2) is 0 Å². The summed E-state index contributed by atoms with van der Waals surface area (Å²) in [6, 6.07) is 19.8. The van der Waals surface area contributed by atoms with Crippen molar-refractivity contribution in [2.45, 2.75) is 25.5 Å². The molecule has 0 amide bonds. The van der Waals surface area contributed by atoms with Gasteiger partial charge in [0.2, 0.25) is 5.12 Å². The zero-order chi connectivity index (χ0) is 15.3. The van der Waals surface area contributed by atoms with Crippen molar-refractivity contribution < 1.29 is 4.79 Å². The van der Waals surface area contributed by atoms with Crippen LogP contribution in [0.2, 0.25) is 0 Å². The molecule has 21 heavy (non-hydrogen) atoms. The zero-order valence-electron chi connectivity index (χ0n) is 12.7. The van der Waals surface area contributed by atoms with E-state index in [1.807, 2.05) is 66.7 Å². The number of carbonyl (C=O) groups excluding carboxylic acids is 1. The first-order valence-electron chi connectivity index (χ1n) is 7.01. The summed E-state index contributed by atoms with van der Waals surface area (Å²) in [5.74, 6) is 0. The lowest BCUT2D eigenvalue weighted by atomic mass is 10.0. The quantitative estimate of drug-likeness (QED) is 0.566. The molecule has 0 saturated carbocycles. The summed E-state index contributed by atoms with van der Waals surface area (Å²) in [5, 5.41) is 0.109. The molecule has 1 nitrogen and oxygen atoms in total. The van der Waals surface area contributed by atoms with E-state index in [0.29, 0.717) is 0 Å². The van der Waals surface area contributed by atoms with Crippen LogP contribution in [0.5, 0.6) is 0 Å². The Balaban J connectivity index is 2.41. The number of hydrogen-bond acceptors (Lipinski definition) is 2. The molecule has 0 heterocycles. The van der Waals surface area contributed by atoms with E-state index >= 15 is 0 Å². The van der Waals surface area contributed by atoms with E-state index in [2.05, 4.69) is 20.8 Å². The van der Waals surface area contributed by atoms with Crippen molar-refractivity contribution in [3.05, 3.63) is 71.8 Å². The summed E-state index contributed by atoms with van der Waals surface area (Å²) in [6.45, 7) is 6.17. The maximum absolute atomic E-state index is 12.7. The first-order valence-corrected chi connectivity index (χ1v) is 7.83. The molecule has 2 heteroatoms. The van der Waals surface area contributed by atoms with Crippen LogP contribution < -0.4 is 0 Å². The van der Waals surface area contributed by atoms with E-state index in [9.17, 15) is 4.79 Å². The van der Waals surface area contributed by atoms with Crippen LogP contribution in [-0.2, 0) is 4.79 Å². The SMILES string of the molecule is CC(C)(C)SC(=O)/C(=C/c1ccccc1)c1ccccc1. The van der Waals surface area contributed by atoms with E-state index < -0.39 is 0 Å². The van der Waals surface area contributed by atoms with Gasteiger partial charge in [-0.3, -0.25) is 4.79 Å². The van der Waals surface area contributed by atoms with E-state index in [-0.39, 0.29) is 9.86 Å². The van der Waals surface area contributed by atoms with E-state index in [1.54, 1.807) is 0 Å². The minimum absolute atomic E-state index is 0.0956. The van der Waals surface area contributed by atoms with E-state index in [1.165, 1.54) is 11.8 Å². The van der Waals surface area contributed by atoms with Gasteiger partial charge >= 0.3 is 0 Å². The van der Waals surface area contributed by atoms with Crippen molar-refractivity contribution in [1.29, 1.82) is 0 Å². The summed E-state index contributed by atoms with van der Waals surface area (Å²) in [5.41, 5.74) is 2.75. The topological polar surface area (TPSA) is 17.1 Å². The summed E-state index contributed by atoms with van der Waals surface area (Å²) in [6.07, 6.45) is 1.97. The van der Waals surface area contributed by atoms with Crippen molar-refractivity contribution >= 4 is 28.5 Å². The average molecular weight is 296 g/mol. The summed E-state index contributed by atoms with van der Waals surface area (Å²) < 4.78 is -0.0956. The maximum atomic E-state index is 12.7. The van der Waals surface area contributed by atoms with Gasteiger partial charge in [0.25, 0.3) is 0 Å². The highest BCUT2D eigenvalue weighted by Gasteiger charge is 2.20. The minimum atomic E-state index is -0.0956. The standard InChI is InChI=1S/C19H20OS/c1-19(2,3)21-18(20)17(16-12-8-5-9-13-16)14-15-10-6-4-7-11-15/h4-14H,1-3H3/b17-14+. The van der Waals surface area contributed by atoms with E-state index in [4.69, 9.17) is 0 Å². The molecule has 0 bridgehead atoms. The Morgan fingerprint density at radius 3 is 1.95 bits per heavy atom. The van der Waals surface area contributed by atoms with Crippen LogP contribution in [0.15, 0.2) is 60.7 Å². The third kappa shape index (κ3) is 4.91. The summed E-state index contributed by atoms with van der Waals surface area (Å²) >= 11 is 1.37. The highest BCUT2D eigenvalue weighted by atomic mass is 32.2. The van der Waals surface area contributed by atoms with Crippen molar-refractivity contribution in [3.63, 3.8) is 0 Å². The highest BCUT2D eigenvalue weighted by Crippen LogP contribution is 2.31. The fraction of sp³-hybridized carbons (Fsp3) is 0.211. The Morgan fingerprint density at radius 2 is 1.43 bits per heavy atom. The number of thioether (sulfide) groups is 1. The lowest BCUT2D eigenvalue weighted by molar-refractivity contribution is -0.106. The van der Waals surface area contributed by atoms with Crippen molar-refractivity contribution in [3.8, 4) is 0 Å². The van der Waals surface area contributed by atoms with Gasteiger partial charge in [0, 0.05) is 10.3 Å². The lowest BCUT2D eigenvalue weighted by Crippen LogP contribution is -2.12. The molecule has 2 aromatic carbocycles. The predicted octanol–water partition coefficient (Wildman–Crippen LogP) is 5.29. The molecule has 108 valence electrons. The summed E-state index contributed by atoms with van der Waals surface area (Å²) in [7, 11) is 0. The Labute approximate surface area is 131 Å². The molecule has 0 fully saturated rings. The smallest absolute Gasteiger partial charge is 0.220 e. The van der Waals surface area contributed by atoms with Crippen molar-refractivity contribution in [1.82, 2.24) is 0 Å². The largest absolute Gasteiger partial charge is 0.282 e. The molecule has 0 unspecified atom stereocenters. The van der Waals surface area contributed by atoms with Crippen LogP contribution in [0, 0.1) is 0 Å². The predicted molar refractivity (Wildman–Crippen MR) is 93.1 cm³/mol. The Bertz CT molecular complexity index is 622. The van der Waals surface area contributed by atoms with Gasteiger partial charge in [0.05, 0.1) is 0 Å². The molecule has 0 radical (unpaired) electrons. The maximum Gasteiger partial charge on any atom is 0.220 e. The number of benzene rings is 2. The zero-order valence-corrected chi connectivity index (χ0v) is 13.5. The van der Waals surface area contributed by atoms with Crippen LogP contribution in [0.3, 0.4) is 0 Å². The normalized spacial score (nSPS) is 12.2. The molecular formula is C19H20OS. The minimum Gasteiger partial charge on any atom is -0.282 e. The Morgan fingerprint density at radius 1 is 0.905 bits per heavy atom. The molecule has 0 aromatic heterocycles. The molecule has 0 aliphatic heterocycles. The molecule has 2 rings (SSSR count). The van der Waals surface area contributed by atoms with Gasteiger partial charge in [-0.1, -0.05) is 93.2 Å². The average Bonchev–Trinajstić information content (AvgIpc) is 2.45. The monoisotopic (exact) mass is 296 g/mol. The van der Waals surface area contributed by atoms with Gasteiger partial charge in [-0.15, -0.1) is 0 Å². The second kappa shape index (κ2) is 6.77. The first-order chi connectivity index (χ1) is 9.96. The van der Waals surface area contributed by atoms with Gasteiger partial charge in [0.1, 0.15) is 0 Å². The highest BCUT2D eigenvalue weighted by molar-refractivity contribution is 8.15. The van der Waals surface area contributed by atoms with Crippen molar-refractivity contribution in [2.75, 3.05) is 0 Å². The third-order valence-corrected chi connectivity index (χ3v) is 3.83. The molecule has 0 aliphatic carbocycles. The third-order valence-electron chi connectivity index (χ3n) is 2.81. The Kier molecular flexibility index (Phi) is 5.03. The second-order valence-electron chi connectivity index (χ2n) is 5.84. The molecule has 0 spiro atoms. The number of carbonyl (C=O) groups is 1. The van der Waals surface area contributed by atoms with Crippen LogP contribution in [0.1, 0.15) is 31.9 Å². The van der Waals surface area contributed by atoms with Crippen LogP contribution in [0.25, 0.3) is 11.6 Å². The molecule has 0 N–H and O–H groups in total. The summed E-state index contributed by atoms with van der Waals surface area (Å²) in [4.78, 5) is 12.7. The molecule has 0 saturated heterocycles. The van der Waals surface area contributed by atoms with E-state index in [0.717, 1.165) is 16.7 Å². The van der Waals surface area contributed by atoms with Crippen LogP contribution in [-0.4, -0.2) is 9.86 Å². The lowest BCUT2D eigenvalue weighted by Gasteiger charge is -2.17. The first kappa shape index (κ1) is 15.6. The van der Waals surface area contributed by atoms with Gasteiger partial charge in [-0.05, 0) is 17.2 Å².